The van der Waals surface area contributed by atoms with Crippen LogP contribution in [0.5, 0.6) is 0 Å². The molecule has 0 atom stereocenters. The van der Waals surface area contributed by atoms with Gasteiger partial charge in [0.25, 0.3) is 5.91 Å². The van der Waals surface area contributed by atoms with Crippen molar-refractivity contribution in [2.24, 2.45) is 5.73 Å². The molecular weight excluding hydrogens is 226 g/mol. The van der Waals surface area contributed by atoms with E-state index in [1.165, 1.54) is 4.90 Å². The van der Waals surface area contributed by atoms with Crippen molar-refractivity contribution in [2.75, 3.05) is 11.9 Å². The average Bonchev–Trinajstić information content (AvgIpc) is 2.47. The van der Waals surface area contributed by atoms with Crippen LogP contribution in [0, 0.1) is 0 Å². The van der Waals surface area contributed by atoms with Gasteiger partial charge in [0.05, 0.1) is 0 Å². The number of benzene rings is 1. The molecule has 92 valence electrons. The Bertz CT molecular complexity index is 522. The molecule has 0 radical (unpaired) electrons. The molecule has 0 bridgehead atoms. The van der Waals surface area contributed by atoms with Crippen LogP contribution in [-0.4, -0.2) is 17.9 Å². The molecule has 4 heteroatoms. The first-order valence-corrected chi connectivity index (χ1v) is 5.70. The summed E-state index contributed by atoms with van der Waals surface area (Å²) < 4.78 is 0. The number of nitrogens with two attached hydrogens (primary N) is 1. The number of carbonyl (C=O) groups excluding carboxylic acids is 1. The van der Waals surface area contributed by atoms with E-state index in [1.54, 1.807) is 31.4 Å². The highest BCUT2D eigenvalue weighted by Gasteiger charge is 2.13. The van der Waals surface area contributed by atoms with Gasteiger partial charge in [-0.15, -0.1) is 0 Å². The van der Waals surface area contributed by atoms with Gasteiger partial charge in [-0.1, -0.05) is 18.2 Å². The van der Waals surface area contributed by atoms with Crippen LogP contribution in [0.25, 0.3) is 0 Å². The SMILES string of the molecule is CN(C(=O)c1ccc(CN)cc1)c1ccccn1. The number of hydrogen-bond donors (Lipinski definition) is 1. The minimum absolute atomic E-state index is 0.0859. The molecule has 2 N–H and O–H groups in total. The minimum atomic E-state index is -0.0859. The summed E-state index contributed by atoms with van der Waals surface area (Å²) in [6.07, 6.45) is 1.66. The van der Waals surface area contributed by atoms with Crippen molar-refractivity contribution in [3.05, 3.63) is 59.8 Å². The van der Waals surface area contributed by atoms with E-state index in [4.69, 9.17) is 5.73 Å². The summed E-state index contributed by atoms with van der Waals surface area (Å²) in [6, 6.07) is 12.8. The van der Waals surface area contributed by atoms with Crippen LogP contribution in [0.4, 0.5) is 5.82 Å². The van der Waals surface area contributed by atoms with E-state index in [0.29, 0.717) is 17.9 Å². The van der Waals surface area contributed by atoms with E-state index in [1.807, 2.05) is 24.3 Å². The summed E-state index contributed by atoms with van der Waals surface area (Å²) in [5.41, 5.74) is 7.15. The number of carbonyl (C=O) groups is 1. The van der Waals surface area contributed by atoms with E-state index < -0.39 is 0 Å². The monoisotopic (exact) mass is 241 g/mol. The second-order valence-electron chi connectivity index (χ2n) is 3.95. The second kappa shape index (κ2) is 5.42. The number of anilines is 1. The lowest BCUT2D eigenvalue weighted by Crippen LogP contribution is -2.26. The highest BCUT2D eigenvalue weighted by molar-refractivity contribution is 6.05. The lowest BCUT2D eigenvalue weighted by Gasteiger charge is -2.16. The van der Waals surface area contributed by atoms with Crippen LogP contribution in [0.1, 0.15) is 15.9 Å². The average molecular weight is 241 g/mol. The van der Waals surface area contributed by atoms with Gasteiger partial charge < -0.3 is 5.73 Å². The van der Waals surface area contributed by atoms with Gasteiger partial charge >= 0.3 is 0 Å². The van der Waals surface area contributed by atoms with Crippen LogP contribution >= 0.6 is 0 Å². The Hall–Kier alpha value is -2.20. The maximum Gasteiger partial charge on any atom is 0.259 e. The smallest absolute Gasteiger partial charge is 0.259 e. The van der Waals surface area contributed by atoms with Crippen molar-refractivity contribution in [2.45, 2.75) is 6.54 Å². The third kappa shape index (κ3) is 2.55. The first kappa shape index (κ1) is 12.3. The van der Waals surface area contributed by atoms with Crippen molar-refractivity contribution in [1.29, 1.82) is 0 Å². The minimum Gasteiger partial charge on any atom is -0.326 e. The predicted octanol–water partition coefficient (Wildman–Crippen LogP) is 1.82. The molecule has 0 aliphatic rings. The zero-order valence-corrected chi connectivity index (χ0v) is 10.2. The Balaban J connectivity index is 2.20. The van der Waals surface area contributed by atoms with Crippen molar-refractivity contribution in [3.63, 3.8) is 0 Å². The largest absolute Gasteiger partial charge is 0.326 e. The first-order chi connectivity index (χ1) is 8.72. The number of amides is 1. The molecule has 0 fully saturated rings. The molecule has 4 nitrogen and oxygen atoms in total. The molecule has 1 aromatic carbocycles. The highest BCUT2D eigenvalue weighted by Crippen LogP contribution is 2.12. The van der Waals surface area contributed by atoms with Crippen LogP contribution in [0.2, 0.25) is 0 Å². The van der Waals surface area contributed by atoms with Crippen LogP contribution in [0.15, 0.2) is 48.7 Å². The Morgan fingerprint density at radius 2 is 1.94 bits per heavy atom. The number of rotatable bonds is 3. The molecule has 18 heavy (non-hydrogen) atoms. The van der Waals surface area contributed by atoms with Gasteiger partial charge in [0.2, 0.25) is 0 Å². The summed E-state index contributed by atoms with van der Waals surface area (Å²) in [7, 11) is 1.71. The second-order valence-corrected chi connectivity index (χ2v) is 3.95. The van der Waals surface area contributed by atoms with Gasteiger partial charge in [-0.05, 0) is 29.8 Å². The van der Waals surface area contributed by atoms with Gasteiger partial charge in [-0.2, -0.15) is 0 Å². The molecule has 1 amide bonds. The topological polar surface area (TPSA) is 59.2 Å². The van der Waals surface area contributed by atoms with Crippen LogP contribution in [-0.2, 0) is 6.54 Å². The van der Waals surface area contributed by atoms with Crippen molar-refractivity contribution >= 4 is 11.7 Å². The van der Waals surface area contributed by atoms with Gasteiger partial charge in [0.15, 0.2) is 0 Å². The fraction of sp³-hybridized carbons (Fsp3) is 0.143. The highest BCUT2D eigenvalue weighted by atomic mass is 16.2. The molecule has 2 rings (SSSR count). The zero-order valence-electron chi connectivity index (χ0n) is 10.2. The quantitative estimate of drug-likeness (QED) is 0.891. The Morgan fingerprint density at radius 1 is 1.22 bits per heavy atom. The zero-order chi connectivity index (χ0) is 13.0. The lowest BCUT2D eigenvalue weighted by molar-refractivity contribution is 0.0992. The summed E-state index contributed by atoms with van der Waals surface area (Å²) in [4.78, 5) is 17.9. The summed E-state index contributed by atoms with van der Waals surface area (Å²) in [6.45, 7) is 0.477. The molecule has 0 spiro atoms. The van der Waals surface area contributed by atoms with Crippen molar-refractivity contribution < 1.29 is 4.79 Å². The standard InChI is InChI=1S/C14H15N3O/c1-17(13-4-2-3-9-16-13)14(18)12-7-5-11(10-15)6-8-12/h2-9H,10,15H2,1H3. The summed E-state index contributed by atoms with van der Waals surface area (Å²) >= 11 is 0. The molecule has 0 aliphatic carbocycles. The summed E-state index contributed by atoms with van der Waals surface area (Å²) in [5, 5.41) is 0. The third-order valence-electron chi connectivity index (χ3n) is 2.73. The number of hydrogen-bond acceptors (Lipinski definition) is 3. The molecule has 2 aromatic rings. The third-order valence-corrected chi connectivity index (χ3v) is 2.73. The van der Waals surface area contributed by atoms with Crippen molar-refractivity contribution in [1.82, 2.24) is 4.98 Å². The van der Waals surface area contributed by atoms with Gasteiger partial charge in [-0.25, -0.2) is 4.98 Å². The van der Waals surface area contributed by atoms with Gasteiger partial charge in [-0.3, -0.25) is 9.69 Å². The van der Waals surface area contributed by atoms with Crippen molar-refractivity contribution in [3.8, 4) is 0 Å². The molecule has 1 aromatic heterocycles. The van der Waals surface area contributed by atoms with Gasteiger partial charge in [0.1, 0.15) is 5.82 Å². The number of pyridine rings is 1. The van der Waals surface area contributed by atoms with E-state index in [2.05, 4.69) is 4.98 Å². The van der Waals surface area contributed by atoms with E-state index in [0.717, 1.165) is 5.56 Å². The molecule has 0 aliphatic heterocycles. The van der Waals surface area contributed by atoms with Crippen LogP contribution < -0.4 is 10.6 Å². The van der Waals surface area contributed by atoms with E-state index >= 15 is 0 Å². The van der Waals surface area contributed by atoms with E-state index in [-0.39, 0.29) is 5.91 Å². The maximum absolute atomic E-state index is 12.2. The Labute approximate surface area is 106 Å². The number of nitrogens with zero attached hydrogens (tertiary/aromatic N) is 2. The maximum atomic E-state index is 12.2. The Kier molecular flexibility index (Phi) is 3.69. The predicted molar refractivity (Wildman–Crippen MR) is 71.3 cm³/mol. The molecular formula is C14H15N3O. The molecule has 0 saturated heterocycles. The molecule has 0 unspecified atom stereocenters. The lowest BCUT2D eigenvalue weighted by atomic mass is 10.1. The molecule has 0 saturated carbocycles. The van der Waals surface area contributed by atoms with Crippen LogP contribution in [0.3, 0.4) is 0 Å². The number of aromatic nitrogens is 1. The fourth-order valence-electron chi connectivity index (χ4n) is 1.63. The fourth-order valence-corrected chi connectivity index (χ4v) is 1.63. The normalized spacial score (nSPS) is 10.1. The summed E-state index contributed by atoms with van der Waals surface area (Å²) in [5.74, 6) is 0.544. The van der Waals surface area contributed by atoms with Gasteiger partial charge in [0, 0.05) is 25.4 Å². The Morgan fingerprint density at radius 3 is 2.50 bits per heavy atom. The first-order valence-electron chi connectivity index (χ1n) is 5.70. The molecule has 1 heterocycles. The van der Waals surface area contributed by atoms with E-state index in [9.17, 15) is 4.79 Å².